The lowest BCUT2D eigenvalue weighted by Crippen LogP contribution is -2.35. The van der Waals surface area contributed by atoms with Crippen molar-refractivity contribution in [2.24, 2.45) is 5.73 Å². The molecule has 0 aliphatic heterocycles. The Morgan fingerprint density at radius 1 is 1.29 bits per heavy atom. The maximum Gasteiger partial charge on any atom is 0.241 e. The second-order valence-corrected chi connectivity index (χ2v) is 4.66. The smallest absolute Gasteiger partial charge is 0.241 e. The molecular weight excluding hydrogens is 212 g/mol. The molecule has 0 spiro atoms. The topological polar surface area (TPSA) is 55.1 Å². The molecule has 0 aromatic heterocycles. The van der Waals surface area contributed by atoms with E-state index in [9.17, 15) is 4.79 Å². The zero-order chi connectivity index (χ0) is 12.8. The van der Waals surface area contributed by atoms with Crippen molar-refractivity contribution in [3.8, 4) is 0 Å². The number of nitrogens with two attached hydrogens (primary N) is 1. The first-order valence-electron chi connectivity index (χ1n) is 6.21. The number of anilines is 1. The highest BCUT2D eigenvalue weighted by atomic mass is 16.2. The molecule has 3 N–H and O–H groups in total. The number of hydrogen-bond acceptors (Lipinski definition) is 2. The van der Waals surface area contributed by atoms with Crippen LogP contribution < -0.4 is 11.1 Å². The monoisotopic (exact) mass is 234 g/mol. The third-order valence-electron chi connectivity index (χ3n) is 2.78. The maximum atomic E-state index is 11.7. The molecule has 1 amide bonds. The van der Waals surface area contributed by atoms with Gasteiger partial charge in [-0.25, -0.2) is 0 Å². The van der Waals surface area contributed by atoms with E-state index in [4.69, 9.17) is 5.73 Å². The molecule has 0 aliphatic carbocycles. The summed E-state index contributed by atoms with van der Waals surface area (Å²) >= 11 is 0. The number of rotatable bonds is 5. The minimum atomic E-state index is -0.412. The van der Waals surface area contributed by atoms with Crippen molar-refractivity contribution in [1.82, 2.24) is 0 Å². The van der Waals surface area contributed by atoms with Crippen molar-refractivity contribution >= 4 is 11.6 Å². The third-order valence-corrected chi connectivity index (χ3v) is 2.78. The Kier molecular flexibility index (Phi) is 5.16. The van der Waals surface area contributed by atoms with Gasteiger partial charge in [-0.15, -0.1) is 0 Å². The Hall–Kier alpha value is -1.35. The minimum Gasteiger partial charge on any atom is -0.325 e. The van der Waals surface area contributed by atoms with Crippen LogP contribution in [0.25, 0.3) is 0 Å². The second-order valence-electron chi connectivity index (χ2n) is 4.66. The number of carbonyl (C=O) groups is 1. The van der Waals surface area contributed by atoms with E-state index in [0.29, 0.717) is 5.92 Å². The first-order valence-corrected chi connectivity index (χ1v) is 6.21. The van der Waals surface area contributed by atoms with Gasteiger partial charge in [0, 0.05) is 5.69 Å². The van der Waals surface area contributed by atoms with Crippen molar-refractivity contribution < 1.29 is 4.79 Å². The van der Waals surface area contributed by atoms with E-state index in [0.717, 1.165) is 18.5 Å². The average Bonchev–Trinajstić information content (AvgIpc) is 2.30. The van der Waals surface area contributed by atoms with Crippen LogP contribution in [-0.4, -0.2) is 11.9 Å². The maximum absolute atomic E-state index is 11.7. The average molecular weight is 234 g/mol. The van der Waals surface area contributed by atoms with Crippen LogP contribution in [0.5, 0.6) is 0 Å². The van der Waals surface area contributed by atoms with Crippen LogP contribution in [0.3, 0.4) is 0 Å². The molecule has 3 heteroatoms. The largest absolute Gasteiger partial charge is 0.325 e. The van der Waals surface area contributed by atoms with E-state index in [1.165, 1.54) is 5.56 Å². The molecular formula is C14H22N2O. The van der Waals surface area contributed by atoms with Crippen molar-refractivity contribution in [2.75, 3.05) is 5.32 Å². The molecule has 1 atom stereocenters. The van der Waals surface area contributed by atoms with Crippen LogP contribution in [0.1, 0.15) is 45.1 Å². The molecule has 0 unspecified atom stereocenters. The first kappa shape index (κ1) is 13.7. The molecule has 3 nitrogen and oxygen atoms in total. The van der Waals surface area contributed by atoms with Gasteiger partial charge in [0.2, 0.25) is 5.91 Å². The Bertz CT molecular complexity index is 357. The molecule has 0 aliphatic rings. The zero-order valence-corrected chi connectivity index (χ0v) is 10.9. The van der Waals surface area contributed by atoms with Crippen LogP contribution in [-0.2, 0) is 4.79 Å². The lowest BCUT2D eigenvalue weighted by Gasteiger charge is -2.12. The summed E-state index contributed by atoms with van der Waals surface area (Å²) in [6, 6.07) is 7.50. The lowest BCUT2D eigenvalue weighted by molar-refractivity contribution is -0.117. The predicted octanol–water partition coefficient (Wildman–Crippen LogP) is 2.88. The van der Waals surface area contributed by atoms with Crippen molar-refractivity contribution in [2.45, 2.75) is 45.6 Å². The first-order chi connectivity index (χ1) is 8.04. The summed E-state index contributed by atoms with van der Waals surface area (Å²) in [5.74, 6) is 0.395. The van der Waals surface area contributed by atoms with Gasteiger partial charge in [-0.05, 0) is 30.0 Å². The van der Waals surface area contributed by atoms with Gasteiger partial charge in [-0.1, -0.05) is 39.3 Å². The molecule has 17 heavy (non-hydrogen) atoms. The van der Waals surface area contributed by atoms with Gasteiger partial charge >= 0.3 is 0 Å². The van der Waals surface area contributed by atoms with E-state index in [2.05, 4.69) is 19.2 Å². The van der Waals surface area contributed by atoms with Gasteiger partial charge in [-0.2, -0.15) is 0 Å². The second kappa shape index (κ2) is 6.40. The Labute approximate surface area is 103 Å². The number of benzene rings is 1. The van der Waals surface area contributed by atoms with Crippen LogP contribution in [0.2, 0.25) is 0 Å². The molecule has 1 aromatic carbocycles. The summed E-state index contributed by atoms with van der Waals surface area (Å²) in [4.78, 5) is 11.7. The Morgan fingerprint density at radius 2 is 1.88 bits per heavy atom. The summed E-state index contributed by atoms with van der Waals surface area (Å²) in [6.45, 7) is 6.31. The van der Waals surface area contributed by atoms with E-state index in [-0.39, 0.29) is 5.91 Å². The Morgan fingerprint density at radius 3 is 2.35 bits per heavy atom. The number of nitrogens with one attached hydrogen (secondary N) is 1. The summed E-state index contributed by atoms with van der Waals surface area (Å²) in [6.07, 6.45) is 1.64. The van der Waals surface area contributed by atoms with Crippen molar-refractivity contribution in [3.05, 3.63) is 29.8 Å². The standard InChI is InChI=1S/C14H22N2O/c1-4-5-13(15)14(17)16-12-8-6-11(7-9-12)10(2)3/h6-10,13H,4-5,15H2,1-3H3,(H,16,17)/t13-/m0/s1. The summed E-state index contributed by atoms with van der Waals surface area (Å²) in [5, 5.41) is 2.83. The van der Waals surface area contributed by atoms with Crippen LogP contribution in [0, 0.1) is 0 Å². The highest BCUT2D eigenvalue weighted by Gasteiger charge is 2.12. The van der Waals surface area contributed by atoms with E-state index in [1.54, 1.807) is 0 Å². The van der Waals surface area contributed by atoms with Gasteiger partial charge in [0.25, 0.3) is 0 Å². The lowest BCUT2D eigenvalue weighted by atomic mass is 10.0. The Balaban J connectivity index is 2.60. The molecule has 0 bridgehead atoms. The number of hydrogen-bond donors (Lipinski definition) is 2. The fourth-order valence-corrected chi connectivity index (χ4v) is 1.63. The molecule has 1 rings (SSSR count). The molecule has 0 saturated carbocycles. The van der Waals surface area contributed by atoms with E-state index in [1.807, 2.05) is 31.2 Å². The van der Waals surface area contributed by atoms with E-state index < -0.39 is 6.04 Å². The minimum absolute atomic E-state index is 0.107. The highest BCUT2D eigenvalue weighted by molar-refractivity contribution is 5.94. The highest BCUT2D eigenvalue weighted by Crippen LogP contribution is 2.17. The van der Waals surface area contributed by atoms with Crippen LogP contribution in [0.4, 0.5) is 5.69 Å². The molecule has 0 radical (unpaired) electrons. The van der Waals surface area contributed by atoms with Gasteiger partial charge in [0.05, 0.1) is 6.04 Å². The quantitative estimate of drug-likeness (QED) is 0.823. The summed E-state index contributed by atoms with van der Waals surface area (Å²) < 4.78 is 0. The molecule has 0 fully saturated rings. The zero-order valence-electron chi connectivity index (χ0n) is 10.9. The summed E-state index contributed by atoms with van der Waals surface area (Å²) in [7, 11) is 0. The number of amides is 1. The molecule has 0 heterocycles. The van der Waals surface area contributed by atoms with Gasteiger partial charge < -0.3 is 11.1 Å². The predicted molar refractivity (Wildman–Crippen MR) is 72.0 cm³/mol. The van der Waals surface area contributed by atoms with Gasteiger partial charge in [0.1, 0.15) is 0 Å². The fourth-order valence-electron chi connectivity index (χ4n) is 1.63. The van der Waals surface area contributed by atoms with Crippen LogP contribution >= 0.6 is 0 Å². The normalized spacial score (nSPS) is 12.5. The van der Waals surface area contributed by atoms with Crippen molar-refractivity contribution in [3.63, 3.8) is 0 Å². The number of carbonyl (C=O) groups excluding carboxylic acids is 1. The third kappa shape index (κ3) is 4.19. The molecule has 1 aromatic rings. The van der Waals surface area contributed by atoms with Crippen molar-refractivity contribution in [1.29, 1.82) is 0 Å². The molecule has 0 saturated heterocycles. The van der Waals surface area contributed by atoms with E-state index >= 15 is 0 Å². The van der Waals surface area contributed by atoms with Gasteiger partial charge in [0.15, 0.2) is 0 Å². The van der Waals surface area contributed by atoms with Crippen LogP contribution in [0.15, 0.2) is 24.3 Å². The van der Waals surface area contributed by atoms with Gasteiger partial charge in [-0.3, -0.25) is 4.79 Å². The fraction of sp³-hybridized carbons (Fsp3) is 0.500. The summed E-state index contributed by atoms with van der Waals surface area (Å²) in [5.41, 5.74) is 7.82. The molecule has 94 valence electrons. The SMILES string of the molecule is CCC[C@H](N)C(=O)Nc1ccc(C(C)C)cc1.